The Morgan fingerprint density at radius 2 is 0.810 bits per heavy atom. The van der Waals surface area contributed by atoms with Gasteiger partial charge in [0.1, 0.15) is 0 Å². The van der Waals surface area contributed by atoms with Crippen LogP contribution in [0.25, 0.3) is 24.3 Å². The van der Waals surface area contributed by atoms with Gasteiger partial charge < -0.3 is 0 Å². The second-order valence-electron chi connectivity index (χ2n) is 5.01. The van der Waals surface area contributed by atoms with Crippen molar-refractivity contribution in [3.05, 3.63) is 96.1 Å². The molecule has 104 valence electrons. The van der Waals surface area contributed by atoms with Crippen molar-refractivity contribution in [3.63, 3.8) is 0 Å². The lowest BCUT2D eigenvalue weighted by Crippen LogP contribution is -1.92. The van der Waals surface area contributed by atoms with E-state index in [1.54, 1.807) is 0 Å². The van der Waals surface area contributed by atoms with Gasteiger partial charge >= 0.3 is 0 Å². The van der Waals surface area contributed by atoms with E-state index in [0.717, 1.165) is 28.7 Å². The SMILES string of the molecule is C=Cc1cc(C=C)cc(Cc2cc(C=C)cc(C=C)c2)c1. The average molecular weight is 272 g/mol. The van der Waals surface area contributed by atoms with Crippen molar-refractivity contribution >= 4 is 24.3 Å². The lowest BCUT2D eigenvalue weighted by Gasteiger charge is -2.08. The highest BCUT2D eigenvalue weighted by Crippen LogP contribution is 2.19. The Bertz CT molecular complexity index is 588. The standard InChI is InChI=1S/C21H20/c1-5-16-9-17(6-2)12-20(11-16)15-21-13-18(7-3)10-19(8-4)14-21/h5-14H,1-4,15H2. The fraction of sp³-hybridized carbons (Fsp3) is 0.0476. The summed E-state index contributed by atoms with van der Waals surface area (Å²) < 4.78 is 0. The van der Waals surface area contributed by atoms with Crippen molar-refractivity contribution in [1.29, 1.82) is 0 Å². The third-order valence-electron chi connectivity index (χ3n) is 3.43. The highest BCUT2D eigenvalue weighted by atomic mass is 14.1. The second-order valence-corrected chi connectivity index (χ2v) is 5.01. The van der Waals surface area contributed by atoms with Crippen molar-refractivity contribution in [2.75, 3.05) is 0 Å². The van der Waals surface area contributed by atoms with Crippen molar-refractivity contribution < 1.29 is 0 Å². The van der Waals surface area contributed by atoms with Gasteiger partial charge in [0.15, 0.2) is 0 Å². The van der Waals surface area contributed by atoms with Crippen LogP contribution in [0.1, 0.15) is 33.4 Å². The Kier molecular flexibility index (Phi) is 4.73. The first-order valence-electron chi connectivity index (χ1n) is 6.96. The molecule has 0 aliphatic carbocycles. The number of hydrogen-bond acceptors (Lipinski definition) is 0. The summed E-state index contributed by atoms with van der Waals surface area (Å²) in [7, 11) is 0. The minimum absolute atomic E-state index is 0.866. The van der Waals surface area contributed by atoms with Crippen molar-refractivity contribution in [2.24, 2.45) is 0 Å². The van der Waals surface area contributed by atoms with Crippen LogP contribution in [-0.4, -0.2) is 0 Å². The maximum Gasteiger partial charge on any atom is -0.00249 e. The molecule has 2 aromatic carbocycles. The van der Waals surface area contributed by atoms with Gasteiger partial charge in [0.2, 0.25) is 0 Å². The first kappa shape index (κ1) is 14.8. The first-order valence-corrected chi connectivity index (χ1v) is 6.96. The van der Waals surface area contributed by atoms with Crippen LogP contribution < -0.4 is 0 Å². The minimum Gasteiger partial charge on any atom is -0.0985 e. The molecule has 0 saturated heterocycles. The summed E-state index contributed by atoms with van der Waals surface area (Å²) in [6.45, 7) is 15.4. The lowest BCUT2D eigenvalue weighted by atomic mass is 9.97. The van der Waals surface area contributed by atoms with E-state index < -0.39 is 0 Å². The summed E-state index contributed by atoms with van der Waals surface area (Å²) >= 11 is 0. The van der Waals surface area contributed by atoms with Gasteiger partial charge in [-0.1, -0.05) is 74.9 Å². The van der Waals surface area contributed by atoms with Gasteiger partial charge in [-0.25, -0.2) is 0 Å². The van der Waals surface area contributed by atoms with E-state index in [4.69, 9.17) is 0 Å². The molecule has 2 aromatic rings. The Hall–Kier alpha value is -2.60. The smallest absolute Gasteiger partial charge is 0.00249 e. The van der Waals surface area contributed by atoms with Gasteiger partial charge in [-0.3, -0.25) is 0 Å². The molecule has 0 unspecified atom stereocenters. The number of hydrogen-bond donors (Lipinski definition) is 0. The summed E-state index contributed by atoms with van der Waals surface area (Å²) in [4.78, 5) is 0. The fourth-order valence-corrected chi connectivity index (χ4v) is 2.40. The minimum atomic E-state index is 0.866. The molecule has 0 fully saturated rings. The van der Waals surface area contributed by atoms with E-state index in [-0.39, 0.29) is 0 Å². The molecule has 0 atom stereocenters. The van der Waals surface area contributed by atoms with Crippen LogP contribution in [0.5, 0.6) is 0 Å². The van der Waals surface area contributed by atoms with Crippen LogP contribution in [0, 0.1) is 0 Å². The van der Waals surface area contributed by atoms with E-state index in [2.05, 4.69) is 62.7 Å². The summed E-state index contributed by atoms with van der Waals surface area (Å²) in [5, 5.41) is 0. The summed E-state index contributed by atoms with van der Waals surface area (Å²) in [6, 6.07) is 12.8. The van der Waals surface area contributed by atoms with Crippen molar-refractivity contribution in [2.45, 2.75) is 6.42 Å². The van der Waals surface area contributed by atoms with Gasteiger partial charge in [-0.15, -0.1) is 0 Å². The van der Waals surface area contributed by atoms with Crippen LogP contribution >= 0.6 is 0 Å². The van der Waals surface area contributed by atoms with E-state index in [9.17, 15) is 0 Å². The molecular formula is C21H20. The molecule has 0 radical (unpaired) electrons. The van der Waals surface area contributed by atoms with E-state index in [1.807, 2.05) is 24.3 Å². The topological polar surface area (TPSA) is 0 Å². The molecule has 21 heavy (non-hydrogen) atoms. The second kappa shape index (κ2) is 6.71. The Morgan fingerprint density at radius 3 is 1.05 bits per heavy atom. The molecule has 0 aliphatic heterocycles. The van der Waals surface area contributed by atoms with E-state index >= 15 is 0 Å². The van der Waals surface area contributed by atoms with Crippen LogP contribution in [0.4, 0.5) is 0 Å². The molecule has 2 rings (SSSR count). The van der Waals surface area contributed by atoms with Crippen LogP contribution in [0.2, 0.25) is 0 Å². The average Bonchev–Trinajstić information content (AvgIpc) is 2.53. The van der Waals surface area contributed by atoms with Crippen molar-refractivity contribution in [3.8, 4) is 0 Å². The fourth-order valence-electron chi connectivity index (χ4n) is 2.40. The Labute approximate surface area is 127 Å². The predicted octanol–water partition coefficient (Wildman–Crippen LogP) is 5.85. The van der Waals surface area contributed by atoms with Gasteiger partial charge in [-0.05, 0) is 51.9 Å². The molecule has 0 nitrogen and oxygen atoms in total. The predicted molar refractivity (Wildman–Crippen MR) is 96.1 cm³/mol. The zero-order valence-electron chi connectivity index (χ0n) is 12.3. The summed E-state index contributed by atoms with van der Waals surface area (Å²) in [5.74, 6) is 0. The largest absolute Gasteiger partial charge is 0.0985 e. The quantitative estimate of drug-likeness (QED) is 0.618. The molecular weight excluding hydrogens is 252 g/mol. The maximum absolute atomic E-state index is 3.85. The summed E-state index contributed by atoms with van der Waals surface area (Å²) in [6.07, 6.45) is 8.33. The molecule has 0 saturated carbocycles. The summed E-state index contributed by atoms with van der Waals surface area (Å²) in [5.41, 5.74) is 6.96. The molecule has 0 heterocycles. The highest BCUT2D eigenvalue weighted by Gasteiger charge is 2.02. The Balaban J connectivity index is 2.41. The normalized spacial score (nSPS) is 9.90. The van der Waals surface area contributed by atoms with Gasteiger partial charge in [0.25, 0.3) is 0 Å². The highest BCUT2D eigenvalue weighted by molar-refractivity contribution is 5.60. The van der Waals surface area contributed by atoms with Gasteiger partial charge in [-0.2, -0.15) is 0 Å². The molecule has 0 aliphatic rings. The van der Waals surface area contributed by atoms with Gasteiger partial charge in [0, 0.05) is 0 Å². The third kappa shape index (κ3) is 3.70. The monoisotopic (exact) mass is 272 g/mol. The molecule has 0 amide bonds. The number of benzene rings is 2. The van der Waals surface area contributed by atoms with Crippen LogP contribution in [0.15, 0.2) is 62.7 Å². The van der Waals surface area contributed by atoms with Crippen molar-refractivity contribution in [1.82, 2.24) is 0 Å². The number of rotatable bonds is 6. The lowest BCUT2D eigenvalue weighted by molar-refractivity contribution is 1.18. The molecule has 0 N–H and O–H groups in total. The van der Waals surface area contributed by atoms with Crippen LogP contribution in [-0.2, 0) is 6.42 Å². The molecule has 0 heteroatoms. The van der Waals surface area contributed by atoms with Gasteiger partial charge in [0.05, 0.1) is 0 Å². The van der Waals surface area contributed by atoms with E-state index in [0.29, 0.717) is 0 Å². The van der Waals surface area contributed by atoms with E-state index in [1.165, 1.54) is 11.1 Å². The maximum atomic E-state index is 3.85. The molecule has 0 spiro atoms. The first-order chi connectivity index (χ1) is 10.2. The zero-order chi connectivity index (χ0) is 15.2. The Morgan fingerprint density at radius 1 is 0.524 bits per heavy atom. The molecule has 0 aromatic heterocycles. The molecule has 0 bridgehead atoms. The third-order valence-corrected chi connectivity index (χ3v) is 3.43. The zero-order valence-corrected chi connectivity index (χ0v) is 12.3. The van der Waals surface area contributed by atoms with Crippen LogP contribution in [0.3, 0.4) is 0 Å².